The monoisotopic (exact) mass is 158 g/mol. The van der Waals surface area contributed by atoms with Gasteiger partial charge in [0.2, 0.25) is 0 Å². The van der Waals surface area contributed by atoms with E-state index in [1.807, 2.05) is 0 Å². The molecule has 10 heavy (non-hydrogen) atoms. The minimum Gasteiger partial charge on any atom is -0.303 e. The smallest absolute Gasteiger partial charge is 0.119 e. The molecule has 0 bridgehead atoms. The minimum absolute atomic E-state index is 0.754. The Hall–Kier alpha value is -0.113. The zero-order chi connectivity index (χ0) is 8.04. The van der Waals surface area contributed by atoms with E-state index < -0.39 is 8.07 Å². The lowest BCUT2D eigenvalue weighted by Crippen LogP contribution is -2.18. The molecule has 0 unspecified atom stereocenters. The predicted octanol–water partition coefficient (Wildman–Crippen LogP) is 2.69. The van der Waals surface area contributed by atoms with Gasteiger partial charge < -0.3 is 4.79 Å². The fraction of sp³-hybridized carbons (Fsp3) is 0.875. The van der Waals surface area contributed by atoms with Crippen molar-refractivity contribution in [1.82, 2.24) is 0 Å². The van der Waals surface area contributed by atoms with Crippen molar-refractivity contribution < 1.29 is 4.79 Å². The molecule has 0 amide bonds. The number of unbranched alkanes of at least 4 members (excludes halogenated alkanes) is 2. The van der Waals surface area contributed by atoms with E-state index in [2.05, 4.69) is 19.6 Å². The second kappa shape index (κ2) is 4.66. The Morgan fingerprint density at radius 1 is 1.20 bits per heavy atom. The zero-order valence-electron chi connectivity index (χ0n) is 7.31. The molecular weight excluding hydrogens is 140 g/mol. The first-order valence-electron chi connectivity index (χ1n) is 4.00. The molecule has 0 radical (unpaired) electrons. The number of hydrogen-bond acceptors (Lipinski definition) is 1. The summed E-state index contributed by atoms with van der Waals surface area (Å²) >= 11 is 0. The van der Waals surface area contributed by atoms with Crippen molar-refractivity contribution in [2.75, 3.05) is 0 Å². The normalized spacial score (nSPS) is 11.5. The maximum absolute atomic E-state index is 9.94. The highest BCUT2D eigenvalue weighted by molar-refractivity contribution is 6.76. The maximum atomic E-state index is 9.94. The van der Waals surface area contributed by atoms with E-state index >= 15 is 0 Å². The SMILES string of the molecule is C[Si](C)(C)CCCCC=O. The van der Waals surface area contributed by atoms with Crippen molar-refractivity contribution in [3.05, 3.63) is 0 Å². The van der Waals surface area contributed by atoms with Crippen molar-refractivity contribution in [3.63, 3.8) is 0 Å². The van der Waals surface area contributed by atoms with Gasteiger partial charge in [-0.2, -0.15) is 0 Å². The molecule has 0 atom stereocenters. The van der Waals surface area contributed by atoms with Gasteiger partial charge in [-0.25, -0.2) is 0 Å². The zero-order valence-corrected chi connectivity index (χ0v) is 8.31. The molecule has 1 nitrogen and oxygen atoms in total. The van der Waals surface area contributed by atoms with Crippen molar-refractivity contribution in [3.8, 4) is 0 Å². The fourth-order valence-electron chi connectivity index (χ4n) is 0.883. The Labute approximate surface area is 64.8 Å². The Balaban J connectivity index is 3.12. The molecule has 0 aliphatic carbocycles. The largest absolute Gasteiger partial charge is 0.303 e. The summed E-state index contributed by atoms with van der Waals surface area (Å²) in [6.45, 7) is 7.11. The van der Waals surface area contributed by atoms with Crippen LogP contribution < -0.4 is 0 Å². The summed E-state index contributed by atoms with van der Waals surface area (Å²) in [5.74, 6) is 0. The Bertz CT molecular complexity index is 93.9. The summed E-state index contributed by atoms with van der Waals surface area (Å²) in [6.07, 6.45) is 4.11. The van der Waals surface area contributed by atoms with Gasteiger partial charge in [-0.05, 0) is 6.42 Å². The van der Waals surface area contributed by atoms with Gasteiger partial charge in [0.1, 0.15) is 6.29 Å². The minimum atomic E-state index is -0.823. The first-order chi connectivity index (χ1) is 4.56. The first kappa shape index (κ1) is 9.89. The van der Waals surface area contributed by atoms with Crippen molar-refractivity contribution in [2.24, 2.45) is 0 Å². The molecule has 0 heterocycles. The average molecular weight is 158 g/mol. The molecule has 0 aliphatic rings. The average Bonchev–Trinajstić information content (AvgIpc) is 1.78. The summed E-state index contributed by atoms with van der Waals surface area (Å²) in [7, 11) is -0.823. The molecule has 0 spiro atoms. The van der Waals surface area contributed by atoms with Crippen LogP contribution in [0.5, 0.6) is 0 Å². The van der Waals surface area contributed by atoms with Gasteiger partial charge in [-0.1, -0.05) is 32.1 Å². The van der Waals surface area contributed by atoms with Gasteiger partial charge in [0, 0.05) is 14.5 Å². The van der Waals surface area contributed by atoms with Gasteiger partial charge in [0.05, 0.1) is 0 Å². The van der Waals surface area contributed by atoms with E-state index in [4.69, 9.17) is 0 Å². The van der Waals surface area contributed by atoms with E-state index in [-0.39, 0.29) is 0 Å². The van der Waals surface area contributed by atoms with E-state index in [0.29, 0.717) is 0 Å². The van der Waals surface area contributed by atoms with Crippen LogP contribution >= 0.6 is 0 Å². The van der Waals surface area contributed by atoms with Gasteiger partial charge in [-0.3, -0.25) is 0 Å². The van der Waals surface area contributed by atoms with Crippen molar-refractivity contribution in [2.45, 2.75) is 44.9 Å². The van der Waals surface area contributed by atoms with Crippen LogP contribution in [0, 0.1) is 0 Å². The van der Waals surface area contributed by atoms with Crippen molar-refractivity contribution in [1.29, 1.82) is 0 Å². The van der Waals surface area contributed by atoms with E-state index in [0.717, 1.165) is 19.1 Å². The molecule has 60 valence electrons. The van der Waals surface area contributed by atoms with E-state index in [1.165, 1.54) is 12.5 Å². The fourth-order valence-corrected chi connectivity index (χ4v) is 2.19. The van der Waals surface area contributed by atoms with Gasteiger partial charge >= 0.3 is 0 Å². The van der Waals surface area contributed by atoms with Gasteiger partial charge in [-0.15, -0.1) is 0 Å². The third-order valence-electron chi connectivity index (χ3n) is 1.50. The van der Waals surface area contributed by atoms with Gasteiger partial charge in [0.15, 0.2) is 0 Å². The first-order valence-corrected chi connectivity index (χ1v) is 7.70. The highest BCUT2D eigenvalue weighted by Crippen LogP contribution is 2.12. The van der Waals surface area contributed by atoms with E-state index in [9.17, 15) is 4.79 Å². The molecule has 2 heteroatoms. The summed E-state index contributed by atoms with van der Waals surface area (Å²) in [4.78, 5) is 9.94. The lowest BCUT2D eigenvalue weighted by Gasteiger charge is -2.14. The number of rotatable bonds is 5. The Morgan fingerprint density at radius 3 is 2.20 bits per heavy atom. The highest BCUT2D eigenvalue weighted by Gasteiger charge is 2.10. The van der Waals surface area contributed by atoms with Crippen LogP contribution in [0.25, 0.3) is 0 Å². The summed E-state index contributed by atoms with van der Waals surface area (Å²) in [6, 6.07) is 1.36. The lowest BCUT2D eigenvalue weighted by molar-refractivity contribution is -0.107. The van der Waals surface area contributed by atoms with Crippen LogP contribution in [-0.2, 0) is 4.79 Å². The molecule has 0 N–H and O–H groups in total. The molecule has 0 rings (SSSR count). The van der Waals surface area contributed by atoms with Crippen LogP contribution in [0.15, 0.2) is 0 Å². The molecule has 0 saturated carbocycles. The standard InChI is InChI=1S/C8H18OSi/c1-10(2,3)8-6-4-5-7-9/h7H,4-6,8H2,1-3H3. The third kappa shape index (κ3) is 7.89. The lowest BCUT2D eigenvalue weighted by atomic mass is 10.3. The second-order valence-electron chi connectivity index (χ2n) is 3.97. The Kier molecular flexibility index (Phi) is 4.61. The Morgan fingerprint density at radius 2 is 1.80 bits per heavy atom. The van der Waals surface area contributed by atoms with Crippen molar-refractivity contribution >= 4 is 14.4 Å². The summed E-state index contributed by atoms with van der Waals surface area (Å²) < 4.78 is 0. The molecule has 0 fully saturated rings. The van der Waals surface area contributed by atoms with Crippen LogP contribution in [-0.4, -0.2) is 14.4 Å². The van der Waals surface area contributed by atoms with Crippen LogP contribution in [0.3, 0.4) is 0 Å². The number of aldehydes is 1. The number of carbonyl (C=O) groups excluding carboxylic acids is 1. The summed E-state index contributed by atoms with van der Waals surface area (Å²) in [5, 5.41) is 0. The predicted molar refractivity (Wildman–Crippen MR) is 48.1 cm³/mol. The van der Waals surface area contributed by atoms with Crippen LogP contribution in [0.4, 0.5) is 0 Å². The molecule has 0 saturated heterocycles. The molecule has 0 aromatic rings. The van der Waals surface area contributed by atoms with E-state index in [1.54, 1.807) is 0 Å². The quantitative estimate of drug-likeness (QED) is 0.341. The van der Waals surface area contributed by atoms with Crippen LogP contribution in [0.1, 0.15) is 19.3 Å². The number of carbonyl (C=O) groups is 1. The molecule has 0 aliphatic heterocycles. The van der Waals surface area contributed by atoms with Crippen LogP contribution in [0.2, 0.25) is 25.7 Å². The van der Waals surface area contributed by atoms with Gasteiger partial charge in [0.25, 0.3) is 0 Å². The molecule has 0 aromatic carbocycles. The number of hydrogen-bond donors (Lipinski definition) is 0. The summed E-state index contributed by atoms with van der Waals surface area (Å²) in [5.41, 5.74) is 0. The highest BCUT2D eigenvalue weighted by atomic mass is 28.3. The molecule has 0 aromatic heterocycles. The third-order valence-corrected chi connectivity index (χ3v) is 3.35. The topological polar surface area (TPSA) is 17.1 Å². The second-order valence-corrected chi connectivity index (χ2v) is 9.59. The maximum Gasteiger partial charge on any atom is 0.119 e. The molecular formula is C8H18OSi.